The molecular weight excluding hydrogens is 613 g/mol. The van der Waals surface area contributed by atoms with Crippen LogP contribution in [-0.2, 0) is 14.8 Å². The Kier molecular flexibility index (Phi) is 10.8. The van der Waals surface area contributed by atoms with Crippen molar-refractivity contribution in [3.63, 3.8) is 0 Å². The van der Waals surface area contributed by atoms with Crippen LogP contribution in [-0.4, -0.2) is 73.1 Å². The summed E-state index contributed by atoms with van der Waals surface area (Å²) < 4.78 is 29.6. The third-order valence-electron chi connectivity index (χ3n) is 6.80. The van der Waals surface area contributed by atoms with Gasteiger partial charge in [0.1, 0.15) is 6.04 Å². The minimum absolute atomic E-state index is 0.0588. The fraction of sp³-hybridized carbons (Fsp3) is 0.300. The fourth-order valence-corrected chi connectivity index (χ4v) is 5.74. The minimum Gasteiger partial charge on any atom is -0.394 e. The first-order chi connectivity index (χ1) is 20.5. The van der Waals surface area contributed by atoms with E-state index in [4.69, 9.17) is 28.3 Å². The Balaban J connectivity index is 1.81. The maximum Gasteiger partial charge on any atom is 0.264 e. The molecule has 10 nitrogen and oxygen atoms in total. The first-order valence-corrected chi connectivity index (χ1v) is 15.8. The number of sulfonamides is 1. The van der Waals surface area contributed by atoms with Crippen LogP contribution in [0.5, 0.6) is 0 Å². The molecule has 0 bridgehead atoms. The van der Waals surface area contributed by atoms with E-state index in [1.807, 2.05) is 42.5 Å². The quantitative estimate of drug-likeness (QED) is 0.196. The number of aliphatic imine (C=N–C) groups is 1. The molecule has 228 valence electrons. The van der Waals surface area contributed by atoms with Crippen LogP contribution in [0.1, 0.15) is 30.9 Å². The molecular formula is C30H33Cl2N5O5S. The highest BCUT2D eigenvalue weighted by atomic mass is 35.5. The van der Waals surface area contributed by atoms with Crippen LogP contribution in [0.15, 0.2) is 93.9 Å². The number of hydrogen-bond acceptors (Lipinski definition) is 7. The van der Waals surface area contributed by atoms with Crippen molar-refractivity contribution in [3.05, 3.63) is 100 Å². The van der Waals surface area contributed by atoms with Gasteiger partial charge in [0, 0.05) is 16.0 Å². The molecule has 0 saturated carbocycles. The molecule has 0 radical (unpaired) electrons. The predicted octanol–water partition coefficient (Wildman–Crippen LogP) is 3.63. The molecule has 1 aliphatic heterocycles. The van der Waals surface area contributed by atoms with Gasteiger partial charge in [0.2, 0.25) is 11.9 Å². The third kappa shape index (κ3) is 8.12. The summed E-state index contributed by atoms with van der Waals surface area (Å²) in [6.45, 7) is 2.77. The highest BCUT2D eigenvalue weighted by molar-refractivity contribution is 7.90. The van der Waals surface area contributed by atoms with Crippen LogP contribution in [0, 0.1) is 5.92 Å². The summed E-state index contributed by atoms with van der Waals surface area (Å²) in [4.78, 5) is 17.8. The van der Waals surface area contributed by atoms with Crippen LogP contribution >= 0.6 is 23.2 Å². The van der Waals surface area contributed by atoms with Crippen molar-refractivity contribution in [2.24, 2.45) is 16.0 Å². The van der Waals surface area contributed by atoms with E-state index in [1.54, 1.807) is 26.0 Å². The minimum atomic E-state index is -4.19. The summed E-state index contributed by atoms with van der Waals surface area (Å²) >= 11 is 12.1. The topological polar surface area (TPSA) is 144 Å². The van der Waals surface area contributed by atoms with E-state index in [2.05, 4.69) is 15.0 Å². The standard InChI is InChI=1S/C30H33Cl2N5O5S/c1-19(2)27(29(40)33-24(17-38)18-39)34-30(36-43(41,42)25-14-12-23(32)13-15-25)37-16-26(20-6-4-3-5-7-20)28(35-37)21-8-10-22(31)11-9-21/h3-15,19,24,26-27,38-39H,16-18H2,1-2H3,(H,33,40)(H,34,36). The van der Waals surface area contributed by atoms with E-state index >= 15 is 0 Å². The van der Waals surface area contributed by atoms with Gasteiger partial charge in [0.15, 0.2) is 0 Å². The molecule has 1 amide bonds. The van der Waals surface area contributed by atoms with E-state index in [-0.39, 0.29) is 29.2 Å². The molecule has 1 aliphatic rings. The van der Waals surface area contributed by atoms with Gasteiger partial charge in [-0.1, -0.05) is 79.5 Å². The maximum atomic E-state index is 13.6. The van der Waals surface area contributed by atoms with Gasteiger partial charge in [-0.05, 0) is 53.4 Å². The number of nitrogens with zero attached hydrogens (tertiary/aromatic N) is 3. The number of amides is 1. The van der Waals surface area contributed by atoms with Crippen molar-refractivity contribution in [3.8, 4) is 0 Å². The van der Waals surface area contributed by atoms with Crippen molar-refractivity contribution in [2.45, 2.75) is 36.7 Å². The molecule has 3 aromatic rings. The first-order valence-electron chi connectivity index (χ1n) is 13.6. The van der Waals surface area contributed by atoms with E-state index in [0.29, 0.717) is 15.8 Å². The zero-order chi connectivity index (χ0) is 31.1. The van der Waals surface area contributed by atoms with Crippen LogP contribution in [0.3, 0.4) is 0 Å². The maximum absolute atomic E-state index is 13.6. The number of rotatable bonds is 10. The summed E-state index contributed by atoms with van der Waals surface area (Å²) in [6, 6.07) is 20.5. The average Bonchev–Trinajstić information content (AvgIpc) is 3.44. The second kappa shape index (κ2) is 14.3. The summed E-state index contributed by atoms with van der Waals surface area (Å²) in [5.74, 6) is -1.42. The summed E-state index contributed by atoms with van der Waals surface area (Å²) in [5, 5.41) is 28.7. The molecule has 13 heteroatoms. The van der Waals surface area contributed by atoms with Gasteiger partial charge in [-0.2, -0.15) is 5.10 Å². The smallest absolute Gasteiger partial charge is 0.264 e. The largest absolute Gasteiger partial charge is 0.394 e. The molecule has 4 N–H and O–H groups in total. The Morgan fingerprint density at radius 2 is 1.56 bits per heavy atom. The normalized spacial score (nSPS) is 16.4. The van der Waals surface area contributed by atoms with Crippen molar-refractivity contribution >= 4 is 50.8 Å². The second-order valence-corrected chi connectivity index (χ2v) is 12.9. The molecule has 0 spiro atoms. The zero-order valence-corrected chi connectivity index (χ0v) is 25.9. The molecule has 0 aliphatic carbocycles. The van der Waals surface area contributed by atoms with E-state index in [0.717, 1.165) is 11.1 Å². The van der Waals surface area contributed by atoms with Gasteiger partial charge in [-0.15, -0.1) is 0 Å². The van der Waals surface area contributed by atoms with E-state index in [1.165, 1.54) is 29.3 Å². The van der Waals surface area contributed by atoms with Gasteiger partial charge in [0.05, 0.1) is 36.4 Å². The SMILES string of the molecule is CC(C)C(N=C(NS(=O)(=O)c1ccc(Cl)cc1)N1CC(c2ccccc2)C(c2ccc(Cl)cc2)=N1)C(=O)NC(CO)CO. The van der Waals surface area contributed by atoms with Gasteiger partial charge in [0.25, 0.3) is 10.0 Å². The third-order valence-corrected chi connectivity index (χ3v) is 8.65. The number of guanidine groups is 1. The number of aliphatic hydroxyl groups excluding tert-OH is 2. The molecule has 3 aromatic carbocycles. The number of carbonyl (C=O) groups excluding carboxylic acids is 1. The van der Waals surface area contributed by atoms with Gasteiger partial charge >= 0.3 is 0 Å². The van der Waals surface area contributed by atoms with E-state index < -0.39 is 41.2 Å². The number of halogens is 2. The number of carbonyl (C=O) groups is 1. The van der Waals surface area contributed by atoms with Gasteiger partial charge in [-0.3, -0.25) is 4.79 Å². The highest BCUT2D eigenvalue weighted by Gasteiger charge is 2.35. The van der Waals surface area contributed by atoms with Crippen LogP contribution in [0.2, 0.25) is 10.0 Å². The van der Waals surface area contributed by atoms with E-state index in [9.17, 15) is 23.4 Å². The second-order valence-electron chi connectivity index (χ2n) is 10.3. The lowest BCUT2D eigenvalue weighted by molar-refractivity contribution is -0.124. The lowest BCUT2D eigenvalue weighted by Crippen LogP contribution is -2.48. The number of nitrogens with one attached hydrogen (secondary N) is 2. The molecule has 0 fully saturated rings. The Bertz CT molecular complexity index is 1560. The molecule has 43 heavy (non-hydrogen) atoms. The first kappa shape index (κ1) is 32.4. The van der Waals surface area contributed by atoms with Crippen molar-refractivity contribution in [2.75, 3.05) is 19.8 Å². The van der Waals surface area contributed by atoms with Gasteiger partial charge in [-0.25, -0.2) is 23.1 Å². The molecule has 1 heterocycles. The fourth-order valence-electron chi connectivity index (χ4n) is 4.48. The monoisotopic (exact) mass is 645 g/mol. The van der Waals surface area contributed by atoms with Gasteiger partial charge < -0.3 is 15.5 Å². The lowest BCUT2D eigenvalue weighted by Gasteiger charge is -2.24. The number of hydrazone groups is 1. The Morgan fingerprint density at radius 1 is 0.977 bits per heavy atom. The molecule has 2 unspecified atom stereocenters. The lowest BCUT2D eigenvalue weighted by atomic mass is 9.91. The van der Waals surface area contributed by atoms with Crippen molar-refractivity contribution < 1.29 is 23.4 Å². The molecule has 4 rings (SSSR count). The van der Waals surface area contributed by atoms with Crippen molar-refractivity contribution in [1.82, 2.24) is 15.0 Å². The summed E-state index contributed by atoms with van der Waals surface area (Å²) in [6.07, 6.45) is 0. The zero-order valence-electron chi connectivity index (χ0n) is 23.6. The Morgan fingerprint density at radius 3 is 2.12 bits per heavy atom. The van der Waals surface area contributed by atoms with Crippen molar-refractivity contribution in [1.29, 1.82) is 0 Å². The Labute approximate surface area is 261 Å². The number of hydrogen-bond donors (Lipinski definition) is 4. The molecule has 2 atom stereocenters. The van der Waals surface area contributed by atoms with Crippen LogP contribution in [0.4, 0.5) is 0 Å². The average molecular weight is 647 g/mol. The predicted molar refractivity (Wildman–Crippen MR) is 168 cm³/mol. The number of benzene rings is 3. The molecule has 0 saturated heterocycles. The summed E-state index contributed by atoms with van der Waals surface area (Å²) in [7, 11) is -4.19. The van der Waals surface area contributed by atoms with Crippen LogP contribution in [0.25, 0.3) is 0 Å². The highest BCUT2D eigenvalue weighted by Crippen LogP contribution is 2.30. The Hall–Kier alpha value is -3.48. The van der Waals surface area contributed by atoms with Crippen LogP contribution < -0.4 is 10.0 Å². The molecule has 0 aromatic heterocycles. The number of aliphatic hydroxyl groups is 2. The summed E-state index contributed by atoms with van der Waals surface area (Å²) in [5.41, 5.74) is 2.39.